The van der Waals surface area contributed by atoms with Crippen molar-refractivity contribution in [2.75, 3.05) is 4.90 Å². The van der Waals surface area contributed by atoms with E-state index in [1.165, 1.54) is 34.4 Å². The molecule has 0 aliphatic carbocycles. The van der Waals surface area contributed by atoms with Crippen LogP contribution in [0.3, 0.4) is 0 Å². The van der Waals surface area contributed by atoms with Gasteiger partial charge >= 0.3 is 5.97 Å². The minimum atomic E-state index is -1.05. The molecule has 1 aliphatic heterocycles. The summed E-state index contributed by atoms with van der Waals surface area (Å²) in [5, 5.41) is 9.21. The molecule has 1 aliphatic rings. The number of benzene rings is 2. The molecule has 1 amide bonds. The number of nitrogens with zero attached hydrogens (tertiary/aromatic N) is 2. The highest BCUT2D eigenvalue weighted by Gasteiger charge is 2.33. The first kappa shape index (κ1) is 19.2. The molecule has 29 heavy (non-hydrogen) atoms. The topological polar surface area (TPSA) is 62.5 Å². The van der Waals surface area contributed by atoms with Crippen molar-refractivity contribution in [1.82, 2.24) is 4.57 Å². The highest BCUT2D eigenvalue weighted by Crippen LogP contribution is 2.36. The molecule has 4 rings (SSSR count). The first-order valence-electron chi connectivity index (χ1n) is 8.80. The van der Waals surface area contributed by atoms with Crippen molar-refractivity contribution in [2.24, 2.45) is 0 Å². The average Bonchev–Trinajstić information content (AvgIpc) is 3.27. The predicted octanol–water partition coefficient (Wildman–Crippen LogP) is 4.89. The van der Waals surface area contributed by atoms with Crippen molar-refractivity contribution in [2.45, 2.75) is 6.92 Å². The second-order valence-corrected chi connectivity index (χ2v) is 8.19. The maximum Gasteiger partial charge on any atom is 0.335 e. The van der Waals surface area contributed by atoms with Crippen molar-refractivity contribution in [3.05, 3.63) is 88.6 Å². The van der Waals surface area contributed by atoms with E-state index in [2.05, 4.69) is 0 Å². The van der Waals surface area contributed by atoms with Crippen LogP contribution in [0.1, 0.15) is 21.6 Å². The lowest BCUT2D eigenvalue weighted by atomic mass is 10.2. The second-order valence-electron chi connectivity index (χ2n) is 6.51. The molecule has 1 N–H and O–H groups in total. The van der Waals surface area contributed by atoms with Crippen LogP contribution in [-0.2, 0) is 4.79 Å². The number of aryl methyl sites for hydroxylation is 1. The van der Waals surface area contributed by atoms with Crippen LogP contribution < -0.4 is 4.90 Å². The molecule has 1 aromatic heterocycles. The molecule has 2 aromatic carbocycles. The first-order chi connectivity index (χ1) is 13.9. The average molecular weight is 421 g/mol. The summed E-state index contributed by atoms with van der Waals surface area (Å²) in [5.41, 5.74) is 3.58. The Bertz CT molecular complexity index is 1160. The number of aromatic carboxylic acids is 1. The lowest BCUT2D eigenvalue weighted by Crippen LogP contribution is -2.27. The molecule has 1 saturated heterocycles. The van der Waals surface area contributed by atoms with Gasteiger partial charge in [0.25, 0.3) is 5.91 Å². The number of carbonyl (C=O) groups excluding carboxylic acids is 1. The fourth-order valence-corrected chi connectivity index (χ4v) is 4.34. The van der Waals surface area contributed by atoms with Gasteiger partial charge in [-0.05, 0) is 55.5 Å². The van der Waals surface area contributed by atoms with E-state index in [0.29, 0.717) is 14.9 Å². The SMILES string of the molecule is Cc1ccc(-n2cccc2/C=C2\SC(=S)N(c3cccc(C(=O)O)c3)C2=O)cc1. The van der Waals surface area contributed by atoms with Crippen LogP contribution in [0.5, 0.6) is 0 Å². The molecule has 0 spiro atoms. The summed E-state index contributed by atoms with van der Waals surface area (Å²) in [6.07, 6.45) is 3.74. The number of carboxylic acids is 1. The van der Waals surface area contributed by atoms with Gasteiger partial charge in [0, 0.05) is 17.6 Å². The quantitative estimate of drug-likeness (QED) is 0.481. The Hall–Kier alpha value is -3.16. The highest BCUT2D eigenvalue weighted by atomic mass is 32.2. The number of anilines is 1. The minimum absolute atomic E-state index is 0.105. The van der Waals surface area contributed by atoms with Crippen LogP contribution in [0.15, 0.2) is 71.8 Å². The molecule has 0 saturated carbocycles. The maximum atomic E-state index is 13.0. The van der Waals surface area contributed by atoms with Crippen LogP contribution in [0.4, 0.5) is 5.69 Å². The van der Waals surface area contributed by atoms with Gasteiger partial charge in [0.2, 0.25) is 0 Å². The molecule has 0 bridgehead atoms. The van der Waals surface area contributed by atoms with Crippen molar-refractivity contribution in [1.29, 1.82) is 0 Å². The van der Waals surface area contributed by atoms with E-state index in [0.717, 1.165) is 11.4 Å². The third-order valence-electron chi connectivity index (χ3n) is 4.52. The zero-order valence-corrected chi connectivity index (χ0v) is 17.0. The molecule has 0 radical (unpaired) electrons. The first-order valence-corrected chi connectivity index (χ1v) is 10.0. The number of hydrogen-bond donors (Lipinski definition) is 1. The molecule has 0 atom stereocenters. The largest absolute Gasteiger partial charge is 0.478 e. The van der Waals surface area contributed by atoms with E-state index in [-0.39, 0.29) is 11.5 Å². The Morgan fingerprint density at radius 2 is 1.83 bits per heavy atom. The monoisotopic (exact) mass is 420 g/mol. The predicted molar refractivity (Wildman–Crippen MR) is 120 cm³/mol. The molecule has 144 valence electrons. The summed E-state index contributed by atoms with van der Waals surface area (Å²) in [4.78, 5) is 26.1. The summed E-state index contributed by atoms with van der Waals surface area (Å²) in [6.45, 7) is 2.03. The summed E-state index contributed by atoms with van der Waals surface area (Å²) in [5.74, 6) is -1.32. The Morgan fingerprint density at radius 1 is 1.07 bits per heavy atom. The Labute approximate surface area is 177 Å². The van der Waals surface area contributed by atoms with Crippen molar-refractivity contribution >= 4 is 51.9 Å². The van der Waals surface area contributed by atoms with Crippen LogP contribution in [0, 0.1) is 6.92 Å². The fourth-order valence-electron chi connectivity index (χ4n) is 3.05. The van der Waals surface area contributed by atoms with Gasteiger partial charge in [0.15, 0.2) is 4.32 Å². The molecular formula is C22H16N2O3S2. The standard InChI is InChI=1S/C22H16N2O3S2/c1-14-7-9-16(10-8-14)23-11-3-6-17(23)13-19-20(25)24(22(28)29-19)18-5-2-4-15(12-18)21(26)27/h2-13H,1H3,(H,26,27)/b19-13-. The van der Waals surface area contributed by atoms with Crippen LogP contribution in [0.2, 0.25) is 0 Å². The summed E-state index contributed by atoms with van der Waals surface area (Å²) >= 11 is 6.60. The van der Waals surface area contributed by atoms with Crippen molar-refractivity contribution in [3.63, 3.8) is 0 Å². The molecule has 7 heteroatoms. The molecular weight excluding hydrogens is 404 g/mol. The number of thioether (sulfide) groups is 1. The second kappa shape index (κ2) is 7.69. The Kier molecular flexibility index (Phi) is 5.08. The van der Waals surface area contributed by atoms with E-state index in [9.17, 15) is 14.7 Å². The molecule has 5 nitrogen and oxygen atoms in total. The smallest absolute Gasteiger partial charge is 0.335 e. The van der Waals surface area contributed by atoms with E-state index >= 15 is 0 Å². The van der Waals surface area contributed by atoms with Gasteiger partial charge in [-0.15, -0.1) is 0 Å². The van der Waals surface area contributed by atoms with Crippen molar-refractivity contribution in [3.8, 4) is 5.69 Å². The van der Waals surface area contributed by atoms with Gasteiger partial charge in [0.1, 0.15) is 0 Å². The summed E-state index contributed by atoms with van der Waals surface area (Å²) < 4.78 is 2.37. The van der Waals surface area contributed by atoms with E-state index < -0.39 is 5.97 Å². The summed E-state index contributed by atoms with van der Waals surface area (Å²) in [6, 6.07) is 18.2. The number of carboxylic acid groups (broad SMARTS) is 1. The lowest BCUT2D eigenvalue weighted by Gasteiger charge is -2.14. The number of amides is 1. The van der Waals surface area contributed by atoms with Crippen LogP contribution >= 0.6 is 24.0 Å². The van der Waals surface area contributed by atoms with Gasteiger partial charge < -0.3 is 9.67 Å². The number of aromatic nitrogens is 1. The van der Waals surface area contributed by atoms with E-state index in [1.807, 2.05) is 54.1 Å². The Morgan fingerprint density at radius 3 is 2.55 bits per heavy atom. The van der Waals surface area contributed by atoms with Crippen LogP contribution in [0.25, 0.3) is 11.8 Å². The normalized spacial score (nSPS) is 15.3. The number of carbonyl (C=O) groups is 2. The van der Waals surface area contributed by atoms with E-state index in [4.69, 9.17) is 12.2 Å². The third-order valence-corrected chi connectivity index (χ3v) is 5.82. The van der Waals surface area contributed by atoms with Gasteiger partial charge in [-0.1, -0.05) is 47.7 Å². The molecule has 3 aromatic rings. The Balaban J connectivity index is 1.67. The zero-order valence-electron chi connectivity index (χ0n) is 15.4. The van der Waals surface area contributed by atoms with Crippen LogP contribution in [-0.4, -0.2) is 25.9 Å². The van der Waals surface area contributed by atoms with Gasteiger partial charge in [-0.3, -0.25) is 9.69 Å². The van der Waals surface area contributed by atoms with Gasteiger partial charge in [0.05, 0.1) is 16.2 Å². The number of rotatable bonds is 4. The minimum Gasteiger partial charge on any atom is -0.478 e. The van der Waals surface area contributed by atoms with Gasteiger partial charge in [-0.25, -0.2) is 4.79 Å². The number of hydrogen-bond acceptors (Lipinski definition) is 4. The lowest BCUT2D eigenvalue weighted by molar-refractivity contribution is -0.113. The summed E-state index contributed by atoms with van der Waals surface area (Å²) in [7, 11) is 0. The van der Waals surface area contributed by atoms with Crippen molar-refractivity contribution < 1.29 is 14.7 Å². The third kappa shape index (κ3) is 3.74. The van der Waals surface area contributed by atoms with Gasteiger partial charge in [-0.2, -0.15) is 0 Å². The molecule has 0 unspecified atom stereocenters. The molecule has 1 fully saturated rings. The fraction of sp³-hybridized carbons (Fsp3) is 0.0455. The number of thiocarbonyl (C=S) groups is 1. The zero-order chi connectivity index (χ0) is 20.5. The molecule has 2 heterocycles. The van der Waals surface area contributed by atoms with E-state index in [1.54, 1.807) is 18.2 Å². The highest BCUT2D eigenvalue weighted by molar-refractivity contribution is 8.27. The maximum absolute atomic E-state index is 13.0.